The molecule has 0 radical (unpaired) electrons. The molecule has 1 fully saturated rings. The van der Waals surface area contributed by atoms with E-state index in [0.29, 0.717) is 5.95 Å². The Balaban J connectivity index is 2.00. The minimum Gasteiger partial charge on any atom is -0.355 e. The van der Waals surface area contributed by atoms with Gasteiger partial charge in [-0.3, -0.25) is 0 Å². The minimum absolute atomic E-state index is 0.679. The van der Waals surface area contributed by atoms with Crippen LogP contribution in [0.1, 0.15) is 26.2 Å². The Morgan fingerprint density at radius 3 is 2.94 bits per heavy atom. The first-order valence-corrected chi connectivity index (χ1v) is 6.58. The van der Waals surface area contributed by atoms with Crippen LogP contribution in [0, 0.1) is 0 Å². The molecule has 18 heavy (non-hydrogen) atoms. The van der Waals surface area contributed by atoms with Crippen molar-refractivity contribution in [2.45, 2.75) is 26.2 Å². The molecule has 0 spiro atoms. The third-order valence-corrected chi connectivity index (χ3v) is 3.21. The fourth-order valence-corrected chi connectivity index (χ4v) is 2.29. The van der Waals surface area contributed by atoms with E-state index in [1.165, 1.54) is 12.8 Å². The van der Waals surface area contributed by atoms with Gasteiger partial charge >= 0.3 is 0 Å². The lowest BCUT2D eigenvalue weighted by atomic mass is 10.4. The van der Waals surface area contributed by atoms with E-state index >= 15 is 0 Å². The number of hydrogen-bond donors (Lipinski definition) is 2. The molecule has 96 valence electrons. The third-order valence-electron chi connectivity index (χ3n) is 3.21. The molecule has 2 N–H and O–H groups in total. The van der Waals surface area contributed by atoms with Gasteiger partial charge < -0.3 is 15.2 Å². The largest absolute Gasteiger partial charge is 0.355 e. The molecule has 0 aromatic carbocycles. The number of fused-ring (bicyclic) bond motifs is 1. The van der Waals surface area contributed by atoms with Gasteiger partial charge in [0.2, 0.25) is 5.95 Å². The number of aromatic nitrogens is 4. The molecule has 2 aromatic heterocycles. The molecule has 0 aliphatic carbocycles. The summed E-state index contributed by atoms with van der Waals surface area (Å²) in [6.07, 6.45) is 5.21. The number of aromatic amines is 1. The lowest BCUT2D eigenvalue weighted by Crippen LogP contribution is -2.20. The maximum absolute atomic E-state index is 4.63. The van der Waals surface area contributed by atoms with Crippen LogP contribution in [0.2, 0.25) is 0 Å². The molecule has 0 saturated carbocycles. The molecule has 6 nitrogen and oxygen atoms in total. The highest BCUT2D eigenvalue weighted by Crippen LogP contribution is 2.25. The van der Waals surface area contributed by atoms with Crippen molar-refractivity contribution in [3.05, 3.63) is 6.33 Å². The summed E-state index contributed by atoms with van der Waals surface area (Å²) < 4.78 is 0. The van der Waals surface area contributed by atoms with Gasteiger partial charge in [0.25, 0.3) is 0 Å². The van der Waals surface area contributed by atoms with Crippen molar-refractivity contribution in [1.29, 1.82) is 0 Å². The average molecular weight is 246 g/mol. The molecule has 0 bridgehead atoms. The quantitative estimate of drug-likeness (QED) is 0.860. The maximum Gasteiger partial charge on any atom is 0.226 e. The fourth-order valence-electron chi connectivity index (χ4n) is 2.29. The van der Waals surface area contributed by atoms with Crippen LogP contribution in [0.25, 0.3) is 11.2 Å². The predicted octanol–water partition coefficient (Wildman–Crippen LogP) is 1.77. The summed E-state index contributed by atoms with van der Waals surface area (Å²) in [6.45, 7) is 5.15. The van der Waals surface area contributed by atoms with Crippen LogP contribution >= 0.6 is 0 Å². The Bertz CT molecular complexity index is 528. The number of rotatable bonds is 4. The Morgan fingerprint density at radius 1 is 1.33 bits per heavy atom. The van der Waals surface area contributed by atoms with Gasteiger partial charge in [0, 0.05) is 19.6 Å². The zero-order valence-electron chi connectivity index (χ0n) is 10.6. The monoisotopic (exact) mass is 246 g/mol. The highest BCUT2D eigenvalue weighted by atomic mass is 15.3. The number of hydrogen-bond acceptors (Lipinski definition) is 5. The Kier molecular flexibility index (Phi) is 3.00. The minimum atomic E-state index is 0.679. The molecule has 3 rings (SSSR count). The number of H-pyrrole nitrogens is 1. The number of nitrogens with one attached hydrogen (secondary N) is 2. The van der Waals surface area contributed by atoms with E-state index in [2.05, 4.69) is 37.1 Å². The first-order chi connectivity index (χ1) is 8.88. The zero-order valence-corrected chi connectivity index (χ0v) is 10.6. The van der Waals surface area contributed by atoms with E-state index in [1.54, 1.807) is 6.33 Å². The van der Waals surface area contributed by atoms with E-state index in [9.17, 15) is 0 Å². The van der Waals surface area contributed by atoms with Crippen LogP contribution in [0.3, 0.4) is 0 Å². The van der Waals surface area contributed by atoms with Gasteiger partial charge in [-0.2, -0.15) is 9.97 Å². The highest BCUT2D eigenvalue weighted by molar-refractivity contribution is 5.84. The van der Waals surface area contributed by atoms with Gasteiger partial charge in [0.1, 0.15) is 5.52 Å². The summed E-state index contributed by atoms with van der Waals surface area (Å²) >= 11 is 0. The second kappa shape index (κ2) is 4.80. The molecule has 0 unspecified atom stereocenters. The van der Waals surface area contributed by atoms with E-state index < -0.39 is 0 Å². The maximum atomic E-state index is 4.63. The Morgan fingerprint density at radius 2 is 2.17 bits per heavy atom. The van der Waals surface area contributed by atoms with E-state index in [-0.39, 0.29) is 0 Å². The molecule has 2 aromatic rings. The summed E-state index contributed by atoms with van der Waals surface area (Å²) in [5.74, 6) is 1.66. The molecule has 1 aliphatic heterocycles. The summed E-state index contributed by atoms with van der Waals surface area (Å²) in [4.78, 5) is 18.7. The van der Waals surface area contributed by atoms with Crippen molar-refractivity contribution in [3.63, 3.8) is 0 Å². The van der Waals surface area contributed by atoms with Crippen LogP contribution in [0.4, 0.5) is 11.8 Å². The summed E-state index contributed by atoms with van der Waals surface area (Å²) in [5, 5.41) is 3.24. The topological polar surface area (TPSA) is 69.7 Å². The smallest absolute Gasteiger partial charge is 0.226 e. The van der Waals surface area contributed by atoms with Gasteiger partial charge in [0.05, 0.1) is 6.33 Å². The first kappa shape index (κ1) is 11.3. The Labute approximate surface area is 106 Å². The second-order valence-electron chi connectivity index (χ2n) is 4.59. The van der Waals surface area contributed by atoms with Crippen molar-refractivity contribution in [2.75, 3.05) is 29.9 Å². The van der Waals surface area contributed by atoms with Crippen molar-refractivity contribution < 1.29 is 0 Å². The molecule has 0 amide bonds. The average Bonchev–Trinajstić information content (AvgIpc) is 3.05. The van der Waals surface area contributed by atoms with Crippen LogP contribution in [0.15, 0.2) is 6.33 Å². The fraction of sp³-hybridized carbons (Fsp3) is 0.583. The van der Waals surface area contributed by atoms with Crippen LogP contribution in [-0.4, -0.2) is 39.6 Å². The van der Waals surface area contributed by atoms with Gasteiger partial charge in [-0.1, -0.05) is 6.92 Å². The summed E-state index contributed by atoms with van der Waals surface area (Å²) in [7, 11) is 0. The lowest BCUT2D eigenvalue weighted by molar-refractivity contribution is 0.920. The number of imidazole rings is 1. The zero-order chi connectivity index (χ0) is 12.4. The van der Waals surface area contributed by atoms with Gasteiger partial charge in [0.15, 0.2) is 11.5 Å². The Hall–Kier alpha value is -1.85. The van der Waals surface area contributed by atoms with Gasteiger partial charge in [-0.05, 0) is 19.3 Å². The molecule has 0 atom stereocenters. The highest BCUT2D eigenvalue weighted by Gasteiger charge is 2.19. The predicted molar refractivity (Wildman–Crippen MR) is 71.9 cm³/mol. The van der Waals surface area contributed by atoms with Crippen LogP contribution < -0.4 is 10.2 Å². The second-order valence-corrected chi connectivity index (χ2v) is 4.59. The van der Waals surface area contributed by atoms with E-state index in [1.807, 2.05) is 0 Å². The molecular weight excluding hydrogens is 228 g/mol. The molecular formula is C12H18N6. The SMILES string of the molecule is CCCNc1nc(N2CCCC2)c2[nH]cnc2n1. The third kappa shape index (κ3) is 1.98. The molecule has 1 aliphatic rings. The number of nitrogens with zero attached hydrogens (tertiary/aromatic N) is 4. The van der Waals surface area contributed by atoms with Crippen molar-refractivity contribution in [3.8, 4) is 0 Å². The molecule has 6 heteroatoms. The van der Waals surface area contributed by atoms with Gasteiger partial charge in [-0.25, -0.2) is 4.98 Å². The standard InChI is InChI=1S/C12H18N6/c1-2-5-13-12-16-10-9(14-8-15-10)11(17-12)18-6-3-4-7-18/h8H,2-7H2,1H3,(H2,13,14,15,16,17). The summed E-state index contributed by atoms with van der Waals surface area (Å²) in [5.41, 5.74) is 1.68. The molecule has 1 saturated heterocycles. The normalized spacial score (nSPS) is 15.5. The number of anilines is 2. The van der Waals surface area contributed by atoms with Crippen molar-refractivity contribution >= 4 is 22.9 Å². The van der Waals surface area contributed by atoms with Crippen molar-refractivity contribution in [2.24, 2.45) is 0 Å². The molecule has 3 heterocycles. The van der Waals surface area contributed by atoms with Crippen LogP contribution in [0.5, 0.6) is 0 Å². The van der Waals surface area contributed by atoms with E-state index in [4.69, 9.17) is 0 Å². The van der Waals surface area contributed by atoms with Gasteiger partial charge in [-0.15, -0.1) is 0 Å². The summed E-state index contributed by atoms with van der Waals surface area (Å²) in [6, 6.07) is 0. The first-order valence-electron chi connectivity index (χ1n) is 6.58. The van der Waals surface area contributed by atoms with E-state index in [0.717, 1.165) is 43.0 Å². The lowest BCUT2D eigenvalue weighted by Gasteiger charge is -2.17. The van der Waals surface area contributed by atoms with Crippen LogP contribution in [-0.2, 0) is 0 Å². The van der Waals surface area contributed by atoms with Crippen molar-refractivity contribution in [1.82, 2.24) is 19.9 Å².